The van der Waals surface area contributed by atoms with E-state index in [4.69, 9.17) is 9.05 Å². The zero-order valence-electron chi connectivity index (χ0n) is 56.7. The van der Waals surface area contributed by atoms with Crippen LogP contribution in [0.1, 0.15) is 393 Å². The molecule has 0 saturated heterocycles. The highest BCUT2D eigenvalue weighted by molar-refractivity contribution is 7.47. The van der Waals surface area contributed by atoms with Crippen LogP contribution in [-0.4, -0.2) is 73.4 Å². The monoisotopic (exact) mass is 1190 g/mol. The molecule has 8 nitrogen and oxygen atoms in total. The van der Waals surface area contributed by atoms with Gasteiger partial charge in [-0.05, 0) is 44.9 Å². The second kappa shape index (κ2) is 65.4. The van der Waals surface area contributed by atoms with Gasteiger partial charge in [-0.25, -0.2) is 4.57 Å². The van der Waals surface area contributed by atoms with E-state index < -0.39 is 20.0 Å². The van der Waals surface area contributed by atoms with Gasteiger partial charge in [-0.3, -0.25) is 13.8 Å². The molecule has 0 aliphatic carbocycles. The SMILES string of the molecule is CCCCCCCCCC/C=C\CCCCCCCCCCCCCCCCCCCCCCCCCCCCCCCC(=O)NC(COP(=O)(O)OCC[N+](C)(C)C)C(O)/C=C/CCCCCCCCCCCCCCCCCCCC. The third-order valence-electron chi connectivity index (χ3n) is 17.4. The number of phosphoric acid groups is 1. The normalized spacial score (nSPS) is 13.7. The minimum Gasteiger partial charge on any atom is -0.387 e. The first kappa shape index (κ1) is 82.0. The topological polar surface area (TPSA) is 105 Å². The van der Waals surface area contributed by atoms with Gasteiger partial charge in [0.25, 0.3) is 0 Å². The van der Waals surface area contributed by atoms with Crippen molar-refractivity contribution >= 4 is 13.7 Å². The van der Waals surface area contributed by atoms with Crippen LogP contribution in [0.5, 0.6) is 0 Å². The van der Waals surface area contributed by atoms with Gasteiger partial charge in [-0.1, -0.05) is 366 Å². The highest BCUT2D eigenvalue weighted by atomic mass is 31.2. The van der Waals surface area contributed by atoms with E-state index in [1.807, 2.05) is 27.2 Å². The maximum atomic E-state index is 13.1. The summed E-state index contributed by atoms with van der Waals surface area (Å²) >= 11 is 0. The summed E-state index contributed by atoms with van der Waals surface area (Å²) in [6, 6.07) is -0.844. The number of likely N-dealkylation sites (N-methyl/N-ethyl adjacent to an activating group) is 1. The van der Waals surface area contributed by atoms with E-state index in [1.165, 1.54) is 340 Å². The fourth-order valence-corrected chi connectivity index (χ4v) is 12.4. The molecule has 0 heterocycles. The molecule has 0 rings (SSSR count). The Bertz CT molecular complexity index is 1400. The maximum Gasteiger partial charge on any atom is 0.472 e. The highest BCUT2D eigenvalue weighted by Crippen LogP contribution is 2.43. The summed E-state index contributed by atoms with van der Waals surface area (Å²) in [4.78, 5) is 23.4. The molecule has 0 aromatic heterocycles. The van der Waals surface area contributed by atoms with Crippen LogP contribution < -0.4 is 5.32 Å². The van der Waals surface area contributed by atoms with Crippen LogP contribution in [0.25, 0.3) is 0 Å². The lowest BCUT2D eigenvalue weighted by atomic mass is 10.0. The fraction of sp³-hybridized carbons (Fsp3) is 0.932. The van der Waals surface area contributed by atoms with Crippen LogP contribution in [-0.2, 0) is 18.4 Å². The van der Waals surface area contributed by atoms with Crippen LogP contribution in [0, 0.1) is 0 Å². The number of unbranched alkanes of at least 4 members (excludes halogenated alkanes) is 55. The van der Waals surface area contributed by atoms with Gasteiger partial charge >= 0.3 is 7.82 Å². The van der Waals surface area contributed by atoms with Crippen molar-refractivity contribution < 1.29 is 32.9 Å². The number of quaternary nitrogens is 1. The number of nitrogens with zero attached hydrogens (tertiary/aromatic N) is 1. The van der Waals surface area contributed by atoms with E-state index in [0.29, 0.717) is 17.4 Å². The van der Waals surface area contributed by atoms with Crippen LogP contribution in [0.3, 0.4) is 0 Å². The Hall–Kier alpha value is -1.02. The van der Waals surface area contributed by atoms with Gasteiger partial charge in [0.1, 0.15) is 13.2 Å². The number of aliphatic hydroxyl groups excluding tert-OH is 1. The Morgan fingerprint density at radius 3 is 0.928 bits per heavy atom. The van der Waals surface area contributed by atoms with E-state index in [2.05, 4.69) is 31.3 Å². The van der Waals surface area contributed by atoms with Crippen molar-refractivity contribution in [2.45, 2.75) is 405 Å². The van der Waals surface area contributed by atoms with Gasteiger partial charge in [0, 0.05) is 6.42 Å². The van der Waals surface area contributed by atoms with Crippen molar-refractivity contribution in [1.29, 1.82) is 0 Å². The van der Waals surface area contributed by atoms with E-state index in [-0.39, 0.29) is 19.1 Å². The number of hydrogen-bond donors (Lipinski definition) is 3. The molecule has 494 valence electrons. The molecule has 0 spiro atoms. The van der Waals surface area contributed by atoms with Gasteiger partial charge < -0.3 is 19.8 Å². The summed E-state index contributed by atoms with van der Waals surface area (Å²) in [6.45, 7) is 4.88. The third-order valence-corrected chi connectivity index (χ3v) is 18.4. The van der Waals surface area contributed by atoms with Gasteiger partial charge in [0.2, 0.25) is 5.91 Å². The largest absolute Gasteiger partial charge is 0.472 e. The molecule has 3 N–H and O–H groups in total. The molecule has 0 aromatic carbocycles. The van der Waals surface area contributed by atoms with Crippen molar-refractivity contribution in [3.8, 4) is 0 Å². The molecular weight excluding hydrogens is 1040 g/mol. The molecule has 83 heavy (non-hydrogen) atoms. The lowest BCUT2D eigenvalue weighted by Crippen LogP contribution is -2.45. The van der Waals surface area contributed by atoms with Crippen LogP contribution in [0.2, 0.25) is 0 Å². The number of carbonyl (C=O) groups excluding carboxylic acids is 1. The number of nitrogens with one attached hydrogen (secondary N) is 1. The number of allylic oxidation sites excluding steroid dienone is 3. The van der Waals surface area contributed by atoms with Crippen LogP contribution >= 0.6 is 7.82 Å². The molecule has 9 heteroatoms. The minimum atomic E-state index is -4.35. The minimum absolute atomic E-state index is 0.0648. The summed E-state index contributed by atoms with van der Waals surface area (Å²) in [7, 11) is 1.59. The Kier molecular flexibility index (Phi) is 64.6. The predicted molar refractivity (Wildman–Crippen MR) is 365 cm³/mol. The average molecular weight is 1190 g/mol. The standard InChI is InChI=1S/C74H147N2O6P/c1-6-8-10-12-14-16-18-20-22-24-26-28-29-30-31-32-33-34-35-36-37-38-39-40-41-42-43-44-45-46-47-48-50-52-54-56-58-60-62-64-66-68-74(78)75-72(71-82-83(79,80)81-70-69-76(3,4)5)73(77)67-65-63-61-59-57-55-53-51-49-27-25-23-21-19-17-15-13-11-9-7-2/h24,26,65,67,72-73,77H,6-23,25,27-64,66,68-71H2,1-5H3,(H-,75,78,79,80)/p+1/b26-24-,67-65+. The smallest absolute Gasteiger partial charge is 0.387 e. The number of phosphoric ester groups is 1. The lowest BCUT2D eigenvalue weighted by Gasteiger charge is -2.25. The van der Waals surface area contributed by atoms with Crippen LogP contribution in [0.4, 0.5) is 0 Å². The Labute approximate surface area is 519 Å². The summed E-state index contributed by atoms with van der Waals surface area (Å²) in [6.07, 6.45) is 86.4. The molecule has 3 unspecified atom stereocenters. The first-order chi connectivity index (χ1) is 40.5. The predicted octanol–water partition coefficient (Wildman–Crippen LogP) is 23.8. The molecular formula is C74H148N2O6P+. The number of aliphatic hydroxyl groups is 1. The van der Waals surface area contributed by atoms with Gasteiger partial charge in [0.15, 0.2) is 0 Å². The molecule has 0 aliphatic rings. The molecule has 0 aromatic rings. The zero-order valence-corrected chi connectivity index (χ0v) is 57.6. The summed E-state index contributed by atoms with van der Waals surface area (Å²) in [5.74, 6) is -0.168. The third kappa shape index (κ3) is 68.3. The number of amides is 1. The molecule has 0 fully saturated rings. The van der Waals surface area contributed by atoms with E-state index in [9.17, 15) is 19.4 Å². The Balaban J connectivity index is 3.87. The summed E-state index contributed by atoms with van der Waals surface area (Å²) in [5.41, 5.74) is 0. The van der Waals surface area contributed by atoms with Gasteiger partial charge in [-0.15, -0.1) is 0 Å². The maximum absolute atomic E-state index is 13.1. The fourth-order valence-electron chi connectivity index (χ4n) is 11.6. The second-order valence-electron chi connectivity index (χ2n) is 27.0. The number of rotatable bonds is 70. The number of hydrogen-bond acceptors (Lipinski definition) is 5. The molecule has 0 aliphatic heterocycles. The highest BCUT2D eigenvalue weighted by Gasteiger charge is 2.28. The first-order valence-electron chi connectivity index (χ1n) is 37.2. The van der Waals surface area contributed by atoms with Crippen molar-refractivity contribution in [3.05, 3.63) is 24.3 Å². The molecule has 0 saturated carbocycles. The Morgan fingerprint density at radius 2 is 0.651 bits per heavy atom. The van der Waals surface area contributed by atoms with E-state index >= 15 is 0 Å². The summed E-state index contributed by atoms with van der Waals surface area (Å²) in [5, 5.41) is 14.0. The van der Waals surface area contributed by atoms with Crippen molar-refractivity contribution in [2.75, 3.05) is 40.9 Å². The summed E-state index contributed by atoms with van der Waals surface area (Å²) < 4.78 is 23.8. The van der Waals surface area contributed by atoms with Crippen LogP contribution in [0.15, 0.2) is 24.3 Å². The molecule has 1 amide bonds. The molecule has 0 bridgehead atoms. The van der Waals surface area contributed by atoms with Crippen molar-refractivity contribution in [2.24, 2.45) is 0 Å². The Morgan fingerprint density at radius 1 is 0.398 bits per heavy atom. The van der Waals surface area contributed by atoms with E-state index in [0.717, 1.165) is 32.1 Å². The molecule has 0 radical (unpaired) electrons. The second-order valence-corrected chi connectivity index (χ2v) is 28.5. The van der Waals surface area contributed by atoms with Crippen molar-refractivity contribution in [3.63, 3.8) is 0 Å². The van der Waals surface area contributed by atoms with Crippen molar-refractivity contribution in [1.82, 2.24) is 5.32 Å². The first-order valence-corrected chi connectivity index (χ1v) is 38.7. The van der Waals surface area contributed by atoms with Gasteiger partial charge in [-0.2, -0.15) is 0 Å². The lowest BCUT2D eigenvalue weighted by molar-refractivity contribution is -0.870. The van der Waals surface area contributed by atoms with E-state index in [1.54, 1.807) is 6.08 Å². The average Bonchev–Trinajstić information content (AvgIpc) is 3.49. The number of carbonyl (C=O) groups is 1. The quantitative estimate of drug-likeness (QED) is 0.0243. The zero-order chi connectivity index (χ0) is 60.5. The van der Waals surface area contributed by atoms with Gasteiger partial charge in [0.05, 0.1) is 39.9 Å². The molecule has 3 atom stereocenters.